The fraction of sp³-hybridized carbons (Fsp3) is 0.696. The molecule has 3 N–H and O–H groups in total. The predicted octanol–water partition coefficient (Wildman–Crippen LogP) is 3.80. The van der Waals surface area contributed by atoms with E-state index in [-0.39, 0.29) is 30.1 Å². The van der Waals surface area contributed by atoms with Crippen LogP contribution < -0.4 is 15.4 Å². The quantitative estimate of drug-likeness (QED) is 0.257. The van der Waals surface area contributed by atoms with Gasteiger partial charge in [-0.1, -0.05) is 12.1 Å². The monoisotopic (exact) mass is 532 g/mol. The number of aliphatic imine (C=N–C) groups is 1. The Morgan fingerprint density at radius 1 is 1.20 bits per heavy atom. The van der Waals surface area contributed by atoms with E-state index in [9.17, 15) is 5.11 Å². The van der Waals surface area contributed by atoms with Gasteiger partial charge in [-0.05, 0) is 77.6 Å². The van der Waals surface area contributed by atoms with Gasteiger partial charge in [0.25, 0.3) is 0 Å². The molecular weight excluding hydrogens is 491 g/mol. The smallest absolute Gasteiger partial charge is 0.191 e. The van der Waals surface area contributed by atoms with Gasteiger partial charge in [0.15, 0.2) is 5.96 Å². The second kappa shape index (κ2) is 14.1. The van der Waals surface area contributed by atoms with Crippen molar-refractivity contribution in [1.29, 1.82) is 0 Å². The SMILES string of the molecule is CCNC(=NCC(O)c1ccc(OC(C)C)cc1)NCC1CCCN(C(C)C)C1.I. The molecule has 2 unspecified atom stereocenters. The van der Waals surface area contributed by atoms with Crippen molar-refractivity contribution in [3.63, 3.8) is 0 Å². The number of likely N-dealkylation sites (tertiary alicyclic amines) is 1. The van der Waals surface area contributed by atoms with Crippen LogP contribution in [-0.2, 0) is 0 Å². The number of nitrogens with zero attached hydrogens (tertiary/aromatic N) is 2. The number of hydrogen-bond acceptors (Lipinski definition) is 4. The Balaban J connectivity index is 0.00000450. The Bertz CT molecular complexity index is 622. The lowest BCUT2D eigenvalue weighted by Crippen LogP contribution is -2.46. The molecule has 30 heavy (non-hydrogen) atoms. The molecule has 0 spiro atoms. The zero-order chi connectivity index (χ0) is 21.2. The molecule has 0 saturated carbocycles. The first kappa shape index (κ1) is 27.0. The second-order valence-corrected chi connectivity index (χ2v) is 8.45. The average Bonchev–Trinajstić information content (AvgIpc) is 2.70. The van der Waals surface area contributed by atoms with Crippen molar-refractivity contribution in [2.24, 2.45) is 10.9 Å². The van der Waals surface area contributed by atoms with E-state index >= 15 is 0 Å². The van der Waals surface area contributed by atoms with Crippen LogP contribution in [0.5, 0.6) is 5.75 Å². The summed E-state index contributed by atoms with van der Waals surface area (Å²) in [7, 11) is 0. The van der Waals surface area contributed by atoms with Gasteiger partial charge in [0.2, 0.25) is 0 Å². The number of rotatable bonds is 9. The van der Waals surface area contributed by atoms with Crippen molar-refractivity contribution in [2.75, 3.05) is 32.7 Å². The minimum atomic E-state index is -0.635. The Hall–Kier alpha value is -1.06. The molecule has 7 heteroatoms. The summed E-state index contributed by atoms with van der Waals surface area (Å²) in [4.78, 5) is 7.15. The van der Waals surface area contributed by atoms with Crippen LogP contribution in [0.15, 0.2) is 29.3 Å². The van der Waals surface area contributed by atoms with Crippen molar-refractivity contribution >= 4 is 29.9 Å². The van der Waals surface area contributed by atoms with Gasteiger partial charge in [-0.25, -0.2) is 0 Å². The van der Waals surface area contributed by atoms with E-state index in [2.05, 4.69) is 41.3 Å². The molecule has 2 atom stereocenters. The number of halogens is 1. The number of hydrogen-bond donors (Lipinski definition) is 3. The molecule has 172 valence electrons. The molecule has 0 bridgehead atoms. The number of ether oxygens (including phenoxy) is 1. The van der Waals surface area contributed by atoms with Gasteiger partial charge < -0.3 is 25.4 Å². The zero-order valence-corrected chi connectivity index (χ0v) is 21.6. The maximum atomic E-state index is 10.5. The van der Waals surface area contributed by atoms with Crippen LogP contribution in [0.3, 0.4) is 0 Å². The summed E-state index contributed by atoms with van der Waals surface area (Å²) >= 11 is 0. The fourth-order valence-electron chi connectivity index (χ4n) is 3.64. The van der Waals surface area contributed by atoms with Crippen LogP contribution in [0.25, 0.3) is 0 Å². The summed E-state index contributed by atoms with van der Waals surface area (Å²) in [6.45, 7) is 15.0. The van der Waals surface area contributed by atoms with Crippen molar-refractivity contribution in [3.8, 4) is 5.75 Å². The molecule has 0 amide bonds. The number of benzene rings is 1. The van der Waals surface area contributed by atoms with Crippen LogP contribution >= 0.6 is 24.0 Å². The van der Waals surface area contributed by atoms with E-state index in [1.165, 1.54) is 19.4 Å². The maximum absolute atomic E-state index is 10.5. The minimum Gasteiger partial charge on any atom is -0.491 e. The molecule has 0 radical (unpaired) electrons. The van der Waals surface area contributed by atoms with Crippen molar-refractivity contribution in [1.82, 2.24) is 15.5 Å². The molecule has 1 fully saturated rings. The summed E-state index contributed by atoms with van der Waals surface area (Å²) in [5.41, 5.74) is 0.848. The molecule has 2 rings (SSSR count). The van der Waals surface area contributed by atoms with Gasteiger partial charge in [-0.2, -0.15) is 0 Å². The second-order valence-electron chi connectivity index (χ2n) is 8.45. The molecule has 1 heterocycles. The van der Waals surface area contributed by atoms with Gasteiger partial charge in [0.05, 0.1) is 18.8 Å². The Kier molecular flexibility index (Phi) is 12.7. The molecule has 0 aliphatic carbocycles. The molecule has 6 nitrogen and oxygen atoms in total. The number of guanidine groups is 1. The van der Waals surface area contributed by atoms with Crippen LogP contribution in [-0.4, -0.2) is 60.8 Å². The number of piperidine rings is 1. The van der Waals surface area contributed by atoms with Crippen LogP contribution in [0, 0.1) is 5.92 Å². The van der Waals surface area contributed by atoms with E-state index in [1.54, 1.807) is 0 Å². The summed E-state index contributed by atoms with van der Waals surface area (Å²) in [6, 6.07) is 8.21. The van der Waals surface area contributed by atoms with Gasteiger partial charge in [0, 0.05) is 25.7 Å². The highest BCUT2D eigenvalue weighted by Gasteiger charge is 2.21. The Morgan fingerprint density at radius 2 is 1.90 bits per heavy atom. The van der Waals surface area contributed by atoms with E-state index < -0.39 is 6.10 Å². The lowest BCUT2D eigenvalue weighted by atomic mass is 9.97. The van der Waals surface area contributed by atoms with Crippen molar-refractivity contribution in [2.45, 2.75) is 65.7 Å². The van der Waals surface area contributed by atoms with E-state index in [4.69, 9.17) is 4.74 Å². The third kappa shape index (κ3) is 9.39. The van der Waals surface area contributed by atoms with Crippen molar-refractivity contribution in [3.05, 3.63) is 29.8 Å². The molecule has 0 aromatic heterocycles. The summed E-state index contributed by atoms with van der Waals surface area (Å²) in [5.74, 6) is 2.22. The predicted molar refractivity (Wildman–Crippen MR) is 136 cm³/mol. The fourth-order valence-corrected chi connectivity index (χ4v) is 3.64. The normalized spacial score (nSPS) is 18.8. The van der Waals surface area contributed by atoms with Crippen molar-refractivity contribution < 1.29 is 9.84 Å². The molecule has 1 saturated heterocycles. The lowest BCUT2D eigenvalue weighted by molar-refractivity contribution is 0.141. The van der Waals surface area contributed by atoms with Crippen LogP contribution in [0.1, 0.15) is 59.1 Å². The lowest BCUT2D eigenvalue weighted by Gasteiger charge is -2.35. The summed E-state index contributed by atoms with van der Waals surface area (Å²) < 4.78 is 5.66. The first-order chi connectivity index (χ1) is 13.9. The Labute approximate surface area is 199 Å². The van der Waals surface area contributed by atoms with Gasteiger partial charge in [-0.3, -0.25) is 4.99 Å². The standard InChI is InChI=1S/C23H40N4O2.HI/c1-6-24-23(25-14-19-8-7-13-27(16-19)17(2)3)26-15-22(28)20-9-11-21(12-10-20)29-18(4)5;/h9-12,17-19,22,28H,6-8,13-16H2,1-5H3,(H2,24,25,26);1H. The van der Waals surface area contributed by atoms with Gasteiger partial charge >= 0.3 is 0 Å². The van der Waals surface area contributed by atoms with Gasteiger partial charge in [0.1, 0.15) is 5.75 Å². The Morgan fingerprint density at radius 3 is 2.50 bits per heavy atom. The highest BCUT2D eigenvalue weighted by atomic mass is 127. The van der Waals surface area contributed by atoms with E-state index in [0.717, 1.165) is 36.9 Å². The third-order valence-electron chi connectivity index (χ3n) is 5.24. The van der Waals surface area contributed by atoms with Crippen LogP contribution in [0.4, 0.5) is 0 Å². The largest absolute Gasteiger partial charge is 0.491 e. The topological polar surface area (TPSA) is 69.1 Å². The average molecular weight is 533 g/mol. The molecule has 1 aliphatic heterocycles. The zero-order valence-electron chi connectivity index (χ0n) is 19.2. The highest BCUT2D eigenvalue weighted by Crippen LogP contribution is 2.19. The van der Waals surface area contributed by atoms with E-state index in [0.29, 0.717) is 18.5 Å². The highest BCUT2D eigenvalue weighted by molar-refractivity contribution is 14.0. The molecule has 1 aromatic rings. The van der Waals surface area contributed by atoms with E-state index in [1.807, 2.05) is 38.1 Å². The maximum Gasteiger partial charge on any atom is 0.191 e. The molecular formula is C23H41IN4O2. The third-order valence-corrected chi connectivity index (χ3v) is 5.24. The first-order valence-electron chi connectivity index (χ1n) is 11.1. The number of nitrogens with one attached hydrogen (secondary N) is 2. The summed E-state index contributed by atoms with van der Waals surface area (Å²) in [5, 5.41) is 17.3. The number of aliphatic hydroxyl groups excluding tert-OH is 1. The first-order valence-corrected chi connectivity index (χ1v) is 11.1. The summed E-state index contributed by atoms with van der Waals surface area (Å²) in [6.07, 6.45) is 2.02. The molecule has 1 aliphatic rings. The minimum absolute atomic E-state index is 0. The van der Waals surface area contributed by atoms with Gasteiger partial charge in [-0.15, -0.1) is 24.0 Å². The molecule has 1 aromatic carbocycles. The number of aliphatic hydroxyl groups is 1. The van der Waals surface area contributed by atoms with Crippen LogP contribution in [0.2, 0.25) is 0 Å².